The Kier molecular flexibility index (Phi) is 4.26. The van der Waals surface area contributed by atoms with E-state index < -0.39 is 5.97 Å². The first-order valence-electron chi connectivity index (χ1n) is 6.87. The van der Waals surface area contributed by atoms with Gasteiger partial charge in [0.1, 0.15) is 11.3 Å². The predicted octanol–water partition coefficient (Wildman–Crippen LogP) is 1.97. The number of carboxylic acids is 1. The highest BCUT2D eigenvalue weighted by atomic mass is 16.4. The number of aryl methyl sites for hydroxylation is 1. The molecule has 2 aromatic rings. The molecule has 0 aliphatic heterocycles. The lowest BCUT2D eigenvalue weighted by atomic mass is 10.2. The van der Waals surface area contributed by atoms with Gasteiger partial charge in [-0.2, -0.15) is 0 Å². The minimum absolute atomic E-state index is 0.0731. The van der Waals surface area contributed by atoms with Crippen LogP contribution in [0.1, 0.15) is 36.5 Å². The molecule has 1 amide bonds. The average Bonchev–Trinajstić information content (AvgIpc) is 2.83. The molecule has 2 rings (SSSR count). The van der Waals surface area contributed by atoms with Crippen molar-refractivity contribution < 1.29 is 14.7 Å². The summed E-state index contributed by atoms with van der Waals surface area (Å²) < 4.78 is 1.85. The molecule has 0 fully saturated rings. The number of carboxylic acid groups (broad SMARTS) is 1. The molecule has 1 N–H and O–H groups in total. The number of pyridine rings is 1. The van der Waals surface area contributed by atoms with Gasteiger partial charge in [0, 0.05) is 24.5 Å². The molecule has 0 aliphatic rings. The Labute approximate surface area is 123 Å². The lowest BCUT2D eigenvalue weighted by Gasteiger charge is -2.25. The highest BCUT2D eigenvalue weighted by Crippen LogP contribution is 2.12. The second-order valence-corrected chi connectivity index (χ2v) is 5.26. The third-order valence-electron chi connectivity index (χ3n) is 3.37. The van der Waals surface area contributed by atoms with E-state index in [1.807, 2.05) is 43.4 Å². The van der Waals surface area contributed by atoms with Crippen molar-refractivity contribution in [2.45, 2.75) is 33.2 Å². The number of aliphatic carboxylic acids is 1. The molecule has 0 unspecified atom stereocenters. The second kappa shape index (κ2) is 5.95. The quantitative estimate of drug-likeness (QED) is 0.913. The van der Waals surface area contributed by atoms with Crippen LogP contribution in [-0.2, 0) is 4.79 Å². The first-order valence-corrected chi connectivity index (χ1v) is 6.87. The van der Waals surface area contributed by atoms with Gasteiger partial charge in [0.25, 0.3) is 5.91 Å². The zero-order valence-electron chi connectivity index (χ0n) is 12.4. The summed E-state index contributed by atoms with van der Waals surface area (Å²) in [5.41, 5.74) is 2.03. The van der Waals surface area contributed by atoms with Gasteiger partial charge >= 0.3 is 5.97 Å². The topological polar surface area (TPSA) is 74.9 Å². The Balaban J connectivity index is 2.30. The lowest BCUT2D eigenvalue weighted by molar-refractivity contribution is -0.137. The van der Waals surface area contributed by atoms with Gasteiger partial charge in [-0.1, -0.05) is 6.07 Å². The van der Waals surface area contributed by atoms with Crippen molar-refractivity contribution in [3.05, 3.63) is 35.8 Å². The molecule has 2 aromatic heterocycles. The van der Waals surface area contributed by atoms with Crippen LogP contribution in [0.2, 0.25) is 0 Å². The Morgan fingerprint density at radius 2 is 2.10 bits per heavy atom. The standard InChI is InChI=1S/C15H19N3O3/c1-10(2)17(8-7-14(19)20)15(21)12-9-18-11(3)5-4-6-13(18)16-12/h4-6,9-10H,7-8H2,1-3H3,(H,19,20). The SMILES string of the molecule is Cc1cccc2nc(C(=O)N(CCC(=O)O)C(C)C)cn12. The van der Waals surface area contributed by atoms with Crippen LogP contribution >= 0.6 is 0 Å². The number of rotatable bonds is 5. The summed E-state index contributed by atoms with van der Waals surface area (Å²) in [5.74, 6) is -1.16. The van der Waals surface area contributed by atoms with Crippen molar-refractivity contribution in [1.82, 2.24) is 14.3 Å². The van der Waals surface area contributed by atoms with Crippen LogP contribution in [0, 0.1) is 6.92 Å². The zero-order chi connectivity index (χ0) is 15.6. The van der Waals surface area contributed by atoms with Gasteiger partial charge in [0.15, 0.2) is 0 Å². The molecule has 0 aromatic carbocycles. The third kappa shape index (κ3) is 3.21. The largest absolute Gasteiger partial charge is 0.481 e. The van der Waals surface area contributed by atoms with E-state index in [4.69, 9.17) is 5.11 Å². The number of carbonyl (C=O) groups is 2. The molecular formula is C15H19N3O3. The molecule has 0 saturated heterocycles. The van der Waals surface area contributed by atoms with E-state index in [9.17, 15) is 9.59 Å². The number of amides is 1. The van der Waals surface area contributed by atoms with Crippen molar-refractivity contribution in [2.24, 2.45) is 0 Å². The normalized spacial score (nSPS) is 11.0. The fraction of sp³-hybridized carbons (Fsp3) is 0.400. The Morgan fingerprint density at radius 3 is 2.67 bits per heavy atom. The van der Waals surface area contributed by atoms with Crippen molar-refractivity contribution in [3.63, 3.8) is 0 Å². The first-order chi connectivity index (χ1) is 9.90. The van der Waals surface area contributed by atoms with Crippen LogP contribution in [-0.4, -0.2) is 43.9 Å². The summed E-state index contributed by atoms with van der Waals surface area (Å²) >= 11 is 0. The van der Waals surface area contributed by atoms with Gasteiger partial charge in [-0.3, -0.25) is 9.59 Å². The van der Waals surface area contributed by atoms with Crippen LogP contribution < -0.4 is 0 Å². The Bertz CT molecular complexity index is 676. The molecular weight excluding hydrogens is 270 g/mol. The second-order valence-electron chi connectivity index (χ2n) is 5.26. The number of nitrogens with zero attached hydrogens (tertiary/aromatic N) is 3. The number of carbonyl (C=O) groups excluding carboxylic acids is 1. The number of hydrogen-bond donors (Lipinski definition) is 1. The van der Waals surface area contributed by atoms with Crippen LogP contribution in [0.4, 0.5) is 0 Å². The first kappa shape index (κ1) is 15.0. The predicted molar refractivity (Wildman–Crippen MR) is 78.4 cm³/mol. The van der Waals surface area contributed by atoms with Gasteiger partial charge in [0.05, 0.1) is 6.42 Å². The van der Waals surface area contributed by atoms with E-state index in [0.717, 1.165) is 5.69 Å². The van der Waals surface area contributed by atoms with E-state index >= 15 is 0 Å². The van der Waals surface area contributed by atoms with E-state index in [0.29, 0.717) is 11.3 Å². The molecule has 0 radical (unpaired) electrons. The molecule has 0 saturated carbocycles. The summed E-state index contributed by atoms with van der Waals surface area (Å²) in [7, 11) is 0. The van der Waals surface area contributed by atoms with Crippen LogP contribution in [0.25, 0.3) is 5.65 Å². The number of fused-ring (bicyclic) bond motifs is 1. The molecule has 6 nitrogen and oxygen atoms in total. The highest BCUT2D eigenvalue weighted by Gasteiger charge is 2.22. The summed E-state index contributed by atoms with van der Waals surface area (Å²) in [6, 6.07) is 5.58. The molecule has 2 heterocycles. The van der Waals surface area contributed by atoms with E-state index in [-0.39, 0.29) is 24.9 Å². The Morgan fingerprint density at radius 1 is 1.38 bits per heavy atom. The summed E-state index contributed by atoms with van der Waals surface area (Å²) in [6.45, 7) is 5.84. The number of imidazole rings is 1. The van der Waals surface area contributed by atoms with Gasteiger partial charge in [-0.25, -0.2) is 4.98 Å². The summed E-state index contributed by atoms with van der Waals surface area (Å²) in [5, 5.41) is 8.79. The molecule has 0 aliphatic carbocycles. The van der Waals surface area contributed by atoms with Gasteiger partial charge in [-0.15, -0.1) is 0 Å². The van der Waals surface area contributed by atoms with Gasteiger partial charge < -0.3 is 14.4 Å². The van der Waals surface area contributed by atoms with E-state index in [2.05, 4.69) is 4.98 Å². The van der Waals surface area contributed by atoms with Gasteiger partial charge in [0.2, 0.25) is 0 Å². The maximum atomic E-state index is 12.5. The van der Waals surface area contributed by atoms with Crippen molar-refractivity contribution in [3.8, 4) is 0 Å². The van der Waals surface area contributed by atoms with Crippen molar-refractivity contribution in [1.29, 1.82) is 0 Å². The molecule has 0 spiro atoms. The zero-order valence-corrected chi connectivity index (χ0v) is 12.4. The maximum Gasteiger partial charge on any atom is 0.305 e. The number of aromatic nitrogens is 2. The maximum absolute atomic E-state index is 12.5. The monoisotopic (exact) mass is 289 g/mol. The molecule has 0 bridgehead atoms. The van der Waals surface area contributed by atoms with Crippen LogP contribution in [0.3, 0.4) is 0 Å². The number of hydrogen-bond acceptors (Lipinski definition) is 3. The molecule has 112 valence electrons. The lowest BCUT2D eigenvalue weighted by Crippen LogP contribution is -2.38. The Hall–Kier alpha value is -2.37. The molecule has 0 atom stereocenters. The summed E-state index contributed by atoms with van der Waals surface area (Å²) in [6.07, 6.45) is 1.62. The fourth-order valence-corrected chi connectivity index (χ4v) is 2.21. The molecule has 6 heteroatoms. The highest BCUT2D eigenvalue weighted by molar-refractivity contribution is 5.93. The van der Waals surface area contributed by atoms with E-state index in [1.165, 1.54) is 4.90 Å². The average molecular weight is 289 g/mol. The van der Waals surface area contributed by atoms with Crippen LogP contribution in [0.5, 0.6) is 0 Å². The fourth-order valence-electron chi connectivity index (χ4n) is 2.21. The van der Waals surface area contributed by atoms with Crippen molar-refractivity contribution >= 4 is 17.5 Å². The smallest absolute Gasteiger partial charge is 0.305 e. The third-order valence-corrected chi connectivity index (χ3v) is 3.37. The molecule has 21 heavy (non-hydrogen) atoms. The summed E-state index contributed by atoms with van der Waals surface area (Å²) in [4.78, 5) is 29.1. The minimum atomic E-state index is -0.917. The van der Waals surface area contributed by atoms with Crippen molar-refractivity contribution in [2.75, 3.05) is 6.54 Å². The van der Waals surface area contributed by atoms with E-state index in [1.54, 1.807) is 6.20 Å². The van der Waals surface area contributed by atoms with Crippen LogP contribution in [0.15, 0.2) is 24.4 Å². The van der Waals surface area contributed by atoms with Gasteiger partial charge in [-0.05, 0) is 32.9 Å². The minimum Gasteiger partial charge on any atom is -0.481 e.